The van der Waals surface area contributed by atoms with Crippen molar-refractivity contribution in [2.45, 2.75) is 209 Å². The van der Waals surface area contributed by atoms with Gasteiger partial charge in [0.2, 0.25) is 11.8 Å². The van der Waals surface area contributed by atoms with Crippen molar-refractivity contribution in [3.05, 3.63) is 0 Å². The van der Waals surface area contributed by atoms with Crippen LogP contribution < -0.4 is 21.3 Å². The predicted molar refractivity (Wildman–Crippen MR) is 274 cm³/mol. The van der Waals surface area contributed by atoms with Crippen LogP contribution in [0.1, 0.15) is 209 Å². The molecule has 0 unspecified atom stereocenters. The lowest BCUT2D eigenvalue weighted by Gasteiger charge is -2.24. The summed E-state index contributed by atoms with van der Waals surface area (Å²) in [4.78, 5) is 67.0. The number of Topliss-reactive ketones (excluding diaryl/α,β-unsaturated/α-hetero) is 4. The highest BCUT2D eigenvalue weighted by molar-refractivity contribution is 5.83. The summed E-state index contributed by atoms with van der Waals surface area (Å²) in [5.41, 5.74) is 0. The smallest absolute Gasteiger partial charge is 0.222 e. The van der Waals surface area contributed by atoms with Crippen molar-refractivity contribution in [1.82, 2.24) is 21.3 Å². The molecule has 4 N–H and O–H groups in total. The van der Waals surface area contributed by atoms with E-state index in [4.69, 9.17) is 0 Å². The molecular formula is C56H104N4O6. The average Bonchev–Trinajstić information content (AvgIpc) is 3.31. The van der Waals surface area contributed by atoms with E-state index >= 15 is 0 Å². The molecule has 0 saturated heterocycles. The molecule has 0 radical (unpaired) electrons. The Kier molecular flexibility index (Phi) is 33.2. The molecular weight excluding hydrogens is 825 g/mol. The van der Waals surface area contributed by atoms with Crippen molar-refractivity contribution >= 4 is 34.9 Å². The number of rotatable bonds is 10. The monoisotopic (exact) mass is 929 g/mol. The summed E-state index contributed by atoms with van der Waals surface area (Å²) < 4.78 is 0. The van der Waals surface area contributed by atoms with Crippen LogP contribution in [0.3, 0.4) is 0 Å². The Morgan fingerprint density at radius 2 is 0.485 bits per heavy atom. The van der Waals surface area contributed by atoms with Gasteiger partial charge in [0.15, 0.2) is 0 Å². The number of carbonyl (C=O) groups excluding carboxylic acids is 6. The van der Waals surface area contributed by atoms with Crippen LogP contribution in [0.4, 0.5) is 0 Å². The summed E-state index contributed by atoms with van der Waals surface area (Å²) in [5, 5.41) is 11.3. The third kappa shape index (κ3) is 26.9. The third-order valence-electron chi connectivity index (χ3n) is 16.1. The lowest BCUT2D eigenvalue weighted by atomic mass is 9.81. The Morgan fingerprint density at radius 3 is 0.652 bits per heavy atom. The van der Waals surface area contributed by atoms with Crippen molar-refractivity contribution in [1.29, 1.82) is 0 Å². The second-order valence-corrected chi connectivity index (χ2v) is 22.2. The number of carbonyl (C=O) groups is 6. The lowest BCUT2D eigenvalue weighted by molar-refractivity contribution is -0.126. The number of hydrogen-bond acceptors (Lipinski definition) is 8. The van der Waals surface area contributed by atoms with Gasteiger partial charge in [0, 0.05) is 49.6 Å². The minimum atomic E-state index is 0.233. The summed E-state index contributed by atoms with van der Waals surface area (Å²) in [7, 11) is 7.12. The van der Waals surface area contributed by atoms with E-state index in [0.717, 1.165) is 113 Å². The zero-order valence-corrected chi connectivity index (χ0v) is 44.8. The number of hydrogen-bond donors (Lipinski definition) is 4. The van der Waals surface area contributed by atoms with Gasteiger partial charge in [0.05, 0.1) is 13.1 Å². The second kappa shape index (κ2) is 35.6. The van der Waals surface area contributed by atoms with E-state index in [2.05, 4.69) is 62.8 Å². The molecule has 0 bridgehead atoms. The van der Waals surface area contributed by atoms with Crippen LogP contribution in [0.15, 0.2) is 0 Å². The van der Waals surface area contributed by atoms with Crippen LogP contribution in [0, 0.1) is 71.0 Å². The largest absolute Gasteiger partial charge is 0.359 e. The summed E-state index contributed by atoms with van der Waals surface area (Å²) in [5.74, 6) is 9.23. The molecule has 0 aromatic rings. The average molecular weight is 929 g/mol. The van der Waals surface area contributed by atoms with Crippen LogP contribution in [0.25, 0.3) is 0 Å². The molecule has 6 rings (SSSR count). The molecule has 0 spiro atoms. The Morgan fingerprint density at radius 1 is 0.303 bits per heavy atom. The van der Waals surface area contributed by atoms with Gasteiger partial charge < -0.3 is 21.3 Å². The zero-order valence-electron chi connectivity index (χ0n) is 44.8. The van der Waals surface area contributed by atoms with Gasteiger partial charge >= 0.3 is 0 Å². The van der Waals surface area contributed by atoms with Gasteiger partial charge in [-0.15, -0.1) is 0 Å². The Hall–Kier alpha value is -2.46. The number of amides is 2. The van der Waals surface area contributed by atoms with Gasteiger partial charge in [-0.25, -0.2) is 0 Å². The van der Waals surface area contributed by atoms with Crippen LogP contribution in [-0.4, -0.2) is 76.2 Å². The maximum atomic E-state index is 11.4. The van der Waals surface area contributed by atoms with Crippen molar-refractivity contribution < 1.29 is 28.8 Å². The van der Waals surface area contributed by atoms with Crippen LogP contribution in [0.5, 0.6) is 0 Å². The summed E-state index contributed by atoms with van der Waals surface area (Å²) in [6.07, 6.45) is 28.2. The van der Waals surface area contributed by atoms with E-state index in [-0.39, 0.29) is 11.8 Å². The number of likely N-dealkylation sites (N-methyl/N-ethyl adjacent to an activating group) is 2. The summed E-state index contributed by atoms with van der Waals surface area (Å²) in [6.45, 7) is 18.2. The van der Waals surface area contributed by atoms with Crippen LogP contribution in [0.2, 0.25) is 0 Å². The first-order valence-electron chi connectivity index (χ1n) is 27.1. The van der Waals surface area contributed by atoms with Gasteiger partial charge in [-0.1, -0.05) is 92.9 Å². The Labute approximate surface area is 405 Å². The number of ketones is 4. The van der Waals surface area contributed by atoms with Gasteiger partial charge in [-0.3, -0.25) is 28.8 Å². The zero-order chi connectivity index (χ0) is 49.6. The van der Waals surface area contributed by atoms with E-state index in [1.54, 1.807) is 27.9 Å². The SMILES string of the molecule is CC(=O)C1CCC(C)CC1.CC(=O)C1CCC(C)CC1.CNC(=O)C1CCC(C)CC1.CNC(=O)C1CCC(C)CC1.CNCC(=O)C1CCC(C)CC1.CNCC(=O)C1CCC(C)CC1. The highest BCUT2D eigenvalue weighted by Crippen LogP contribution is 2.32. The van der Waals surface area contributed by atoms with Gasteiger partial charge in [-0.2, -0.15) is 0 Å². The van der Waals surface area contributed by atoms with E-state index in [0.29, 0.717) is 71.7 Å². The molecule has 0 atom stereocenters. The van der Waals surface area contributed by atoms with E-state index < -0.39 is 0 Å². The lowest BCUT2D eigenvalue weighted by Crippen LogP contribution is -2.30. The first-order valence-corrected chi connectivity index (χ1v) is 27.1. The molecule has 6 aliphatic rings. The molecule has 6 fully saturated rings. The van der Waals surface area contributed by atoms with Gasteiger partial charge in [-0.05, 0) is 166 Å². The highest BCUT2D eigenvalue weighted by Gasteiger charge is 2.27. The molecule has 0 aliphatic heterocycles. The first-order chi connectivity index (χ1) is 31.3. The fraction of sp³-hybridized carbons (Fsp3) is 0.893. The second-order valence-electron chi connectivity index (χ2n) is 22.2. The molecule has 6 aliphatic carbocycles. The molecule has 10 nitrogen and oxygen atoms in total. The Bertz CT molecular complexity index is 1240. The Balaban J connectivity index is 0.000000397. The van der Waals surface area contributed by atoms with E-state index in [1.165, 1.54) is 77.0 Å². The molecule has 384 valence electrons. The minimum Gasteiger partial charge on any atom is -0.359 e. The quantitative estimate of drug-likeness (QED) is 0.169. The fourth-order valence-corrected chi connectivity index (χ4v) is 10.6. The maximum absolute atomic E-state index is 11.4. The summed E-state index contributed by atoms with van der Waals surface area (Å²) in [6, 6.07) is 0. The molecule has 0 aromatic carbocycles. The molecule has 0 heterocycles. The highest BCUT2D eigenvalue weighted by atomic mass is 16.2. The summed E-state index contributed by atoms with van der Waals surface area (Å²) >= 11 is 0. The van der Waals surface area contributed by atoms with Gasteiger partial charge in [0.25, 0.3) is 0 Å². The standard InChI is InChI=1S/2C10H19NO.2C9H17NO.2C9H16O/c2*1-8-3-5-9(6-4-8)10(12)7-11-2;2*1-7-3-5-8(6-4-7)9(11)10-2;2*1-7-3-5-9(6-4-7)8(2)10/h2*8-9,11H,3-7H2,1-2H3;2*7-8H,3-6H2,1-2H3,(H,10,11);2*7,9H,3-6H2,1-2H3. The molecule has 0 aromatic heterocycles. The third-order valence-corrected chi connectivity index (χ3v) is 16.1. The molecule has 10 heteroatoms. The van der Waals surface area contributed by atoms with Crippen molar-refractivity contribution in [2.24, 2.45) is 71.0 Å². The van der Waals surface area contributed by atoms with E-state index in [1.807, 2.05) is 14.1 Å². The van der Waals surface area contributed by atoms with Crippen molar-refractivity contribution in [2.75, 3.05) is 41.3 Å². The van der Waals surface area contributed by atoms with Crippen LogP contribution >= 0.6 is 0 Å². The molecule has 66 heavy (non-hydrogen) atoms. The van der Waals surface area contributed by atoms with Crippen molar-refractivity contribution in [3.8, 4) is 0 Å². The van der Waals surface area contributed by atoms with E-state index in [9.17, 15) is 28.8 Å². The molecule has 6 saturated carbocycles. The van der Waals surface area contributed by atoms with Crippen LogP contribution in [-0.2, 0) is 28.8 Å². The topological polar surface area (TPSA) is 151 Å². The normalized spacial score (nSPS) is 31.7. The first kappa shape index (κ1) is 61.6. The fourth-order valence-electron chi connectivity index (χ4n) is 10.6. The molecule has 2 amide bonds. The minimum absolute atomic E-state index is 0.233. The number of nitrogens with one attached hydrogen (secondary N) is 4. The predicted octanol–water partition coefficient (Wildman–Crippen LogP) is 11.1. The van der Waals surface area contributed by atoms with Crippen molar-refractivity contribution in [3.63, 3.8) is 0 Å². The van der Waals surface area contributed by atoms with Gasteiger partial charge in [0.1, 0.15) is 23.1 Å². The maximum Gasteiger partial charge on any atom is 0.222 e.